The minimum atomic E-state index is -2.15. The number of hydrogen-bond donors (Lipinski definition) is 2. The Bertz CT molecular complexity index is 367. The fourth-order valence-electron chi connectivity index (χ4n) is 1.22. The lowest BCUT2D eigenvalue weighted by Gasteiger charge is -2.09. The SMILES string of the molecule is CC(CC[P+](=O)O)C(=O)Nc1ccccc1. The van der Waals surface area contributed by atoms with E-state index in [-0.39, 0.29) is 18.0 Å². The number of anilines is 1. The molecule has 0 spiro atoms. The lowest BCUT2D eigenvalue weighted by Crippen LogP contribution is -2.20. The van der Waals surface area contributed by atoms with Gasteiger partial charge >= 0.3 is 8.03 Å². The predicted molar refractivity (Wildman–Crippen MR) is 63.5 cm³/mol. The molecule has 5 heteroatoms. The van der Waals surface area contributed by atoms with Crippen LogP contribution in [0.2, 0.25) is 0 Å². The standard InChI is InChI=1S/C11H14NO3P/c1-9(7-8-16(14)15)11(13)12-10-5-3-2-4-6-10/h2-6,9H,7-8H2,1H3,(H-,12,13,14,15)/p+1. The summed E-state index contributed by atoms with van der Waals surface area (Å²) in [6.45, 7) is 1.75. The Labute approximate surface area is 95.6 Å². The van der Waals surface area contributed by atoms with Crippen LogP contribution in [0.1, 0.15) is 13.3 Å². The second-order valence-electron chi connectivity index (χ2n) is 3.62. The summed E-state index contributed by atoms with van der Waals surface area (Å²) in [5.41, 5.74) is 0.743. The largest absolute Gasteiger partial charge is 0.505 e. The summed E-state index contributed by atoms with van der Waals surface area (Å²) in [7, 11) is -2.15. The maximum Gasteiger partial charge on any atom is 0.505 e. The summed E-state index contributed by atoms with van der Waals surface area (Å²) in [6.07, 6.45) is 0.586. The van der Waals surface area contributed by atoms with Gasteiger partial charge in [0.1, 0.15) is 0 Å². The molecule has 1 amide bonds. The van der Waals surface area contributed by atoms with E-state index >= 15 is 0 Å². The molecular weight excluding hydrogens is 225 g/mol. The van der Waals surface area contributed by atoms with Crippen molar-refractivity contribution in [1.29, 1.82) is 0 Å². The third kappa shape index (κ3) is 4.51. The molecule has 0 radical (unpaired) electrons. The van der Waals surface area contributed by atoms with E-state index in [1.54, 1.807) is 19.1 Å². The van der Waals surface area contributed by atoms with Gasteiger partial charge in [-0.25, -0.2) is 0 Å². The Morgan fingerprint density at radius 1 is 1.44 bits per heavy atom. The average Bonchev–Trinajstić information content (AvgIpc) is 2.27. The van der Waals surface area contributed by atoms with Crippen LogP contribution in [0.25, 0.3) is 0 Å². The maximum absolute atomic E-state index is 11.6. The molecule has 1 aromatic rings. The van der Waals surface area contributed by atoms with Crippen molar-refractivity contribution >= 4 is 19.6 Å². The van der Waals surface area contributed by atoms with Crippen molar-refractivity contribution in [3.63, 3.8) is 0 Å². The van der Waals surface area contributed by atoms with Crippen molar-refractivity contribution in [2.75, 3.05) is 11.5 Å². The molecule has 0 fully saturated rings. The smallest absolute Gasteiger partial charge is 0.326 e. The monoisotopic (exact) mass is 240 g/mol. The summed E-state index contributed by atoms with van der Waals surface area (Å²) in [4.78, 5) is 20.3. The van der Waals surface area contributed by atoms with Gasteiger partial charge in [0.05, 0.1) is 0 Å². The van der Waals surface area contributed by atoms with E-state index in [1.165, 1.54) is 0 Å². The van der Waals surface area contributed by atoms with Gasteiger partial charge in [-0.1, -0.05) is 25.1 Å². The molecule has 2 atom stereocenters. The Morgan fingerprint density at radius 3 is 2.62 bits per heavy atom. The molecule has 0 bridgehead atoms. The molecule has 16 heavy (non-hydrogen) atoms. The predicted octanol–water partition coefficient (Wildman–Crippen LogP) is 2.39. The summed E-state index contributed by atoms with van der Waals surface area (Å²) in [5.74, 6) is -0.380. The number of hydrogen-bond acceptors (Lipinski definition) is 2. The number of benzene rings is 1. The van der Waals surface area contributed by atoms with Gasteiger partial charge in [-0.05, 0) is 16.7 Å². The first kappa shape index (κ1) is 12.8. The number of carbonyl (C=O) groups excluding carboxylic acids is 1. The van der Waals surface area contributed by atoms with Crippen molar-refractivity contribution < 1.29 is 14.3 Å². The van der Waals surface area contributed by atoms with E-state index in [0.29, 0.717) is 6.42 Å². The summed E-state index contributed by atoms with van der Waals surface area (Å²) < 4.78 is 10.5. The average molecular weight is 240 g/mol. The van der Waals surface area contributed by atoms with Crippen molar-refractivity contribution in [3.05, 3.63) is 30.3 Å². The van der Waals surface area contributed by atoms with E-state index in [9.17, 15) is 9.36 Å². The molecule has 0 aromatic heterocycles. The highest BCUT2D eigenvalue weighted by atomic mass is 31.1. The lowest BCUT2D eigenvalue weighted by atomic mass is 10.1. The van der Waals surface area contributed by atoms with E-state index in [4.69, 9.17) is 4.89 Å². The van der Waals surface area contributed by atoms with Crippen LogP contribution in [-0.2, 0) is 9.36 Å². The van der Waals surface area contributed by atoms with Crippen LogP contribution in [0.15, 0.2) is 30.3 Å². The zero-order chi connectivity index (χ0) is 12.0. The number of para-hydroxylation sites is 1. The minimum Gasteiger partial charge on any atom is -0.326 e. The second-order valence-corrected chi connectivity index (χ2v) is 4.77. The van der Waals surface area contributed by atoms with Gasteiger partial charge in [0.2, 0.25) is 5.91 Å². The Balaban J connectivity index is 2.43. The van der Waals surface area contributed by atoms with Gasteiger partial charge in [-0.15, -0.1) is 0 Å². The normalized spacial score (nSPS) is 13.0. The topological polar surface area (TPSA) is 66.4 Å². The molecule has 0 saturated carbocycles. The Morgan fingerprint density at radius 2 is 2.06 bits per heavy atom. The molecular formula is C11H15NO3P+. The zero-order valence-corrected chi connectivity index (χ0v) is 9.98. The Hall–Kier alpha value is -1.25. The van der Waals surface area contributed by atoms with Crippen LogP contribution >= 0.6 is 8.03 Å². The van der Waals surface area contributed by atoms with Gasteiger partial charge in [-0.2, -0.15) is 4.89 Å². The molecule has 2 unspecified atom stereocenters. The van der Waals surface area contributed by atoms with Crippen LogP contribution in [0.5, 0.6) is 0 Å². The number of nitrogens with one attached hydrogen (secondary N) is 1. The third-order valence-electron chi connectivity index (χ3n) is 2.24. The van der Waals surface area contributed by atoms with E-state index in [0.717, 1.165) is 5.69 Å². The summed E-state index contributed by atoms with van der Waals surface area (Å²) in [6, 6.07) is 9.15. The molecule has 1 rings (SSSR count). The number of rotatable bonds is 5. The third-order valence-corrected chi connectivity index (χ3v) is 2.88. The Kier molecular flexibility index (Phi) is 5.09. The molecule has 0 aliphatic heterocycles. The molecule has 0 aliphatic rings. The van der Waals surface area contributed by atoms with Crippen LogP contribution in [-0.4, -0.2) is 17.0 Å². The molecule has 0 saturated heterocycles. The van der Waals surface area contributed by atoms with Gasteiger partial charge in [0, 0.05) is 18.0 Å². The lowest BCUT2D eigenvalue weighted by molar-refractivity contribution is -0.119. The van der Waals surface area contributed by atoms with E-state index in [1.807, 2.05) is 18.2 Å². The minimum absolute atomic E-state index is 0.122. The molecule has 4 nitrogen and oxygen atoms in total. The highest BCUT2D eigenvalue weighted by molar-refractivity contribution is 7.37. The van der Waals surface area contributed by atoms with Crippen LogP contribution in [0.3, 0.4) is 0 Å². The molecule has 86 valence electrons. The summed E-state index contributed by atoms with van der Waals surface area (Å²) >= 11 is 0. The first-order valence-electron chi connectivity index (χ1n) is 5.09. The van der Waals surface area contributed by atoms with Gasteiger partial charge < -0.3 is 5.32 Å². The first-order chi connectivity index (χ1) is 7.59. The quantitative estimate of drug-likeness (QED) is 0.776. The van der Waals surface area contributed by atoms with Crippen molar-refractivity contribution in [1.82, 2.24) is 0 Å². The number of amides is 1. The molecule has 0 aliphatic carbocycles. The molecule has 2 N–H and O–H groups in total. The van der Waals surface area contributed by atoms with Gasteiger partial charge in [0.25, 0.3) is 0 Å². The highest BCUT2D eigenvalue weighted by Crippen LogP contribution is 2.18. The fourth-order valence-corrected chi connectivity index (χ4v) is 1.83. The van der Waals surface area contributed by atoms with E-state index in [2.05, 4.69) is 5.32 Å². The van der Waals surface area contributed by atoms with Gasteiger partial charge in [-0.3, -0.25) is 4.79 Å². The van der Waals surface area contributed by atoms with E-state index < -0.39 is 8.03 Å². The van der Waals surface area contributed by atoms with Crippen LogP contribution in [0.4, 0.5) is 5.69 Å². The highest BCUT2D eigenvalue weighted by Gasteiger charge is 2.18. The zero-order valence-electron chi connectivity index (χ0n) is 9.09. The van der Waals surface area contributed by atoms with Crippen molar-refractivity contribution in [2.24, 2.45) is 5.92 Å². The first-order valence-corrected chi connectivity index (χ1v) is 6.49. The second kappa shape index (κ2) is 6.36. The molecule has 0 heterocycles. The van der Waals surface area contributed by atoms with Crippen LogP contribution in [0, 0.1) is 5.92 Å². The van der Waals surface area contributed by atoms with Crippen molar-refractivity contribution in [2.45, 2.75) is 13.3 Å². The number of carbonyl (C=O) groups is 1. The van der Waals surface area contributed by atoms with Crippen molar-refractivity contribution in [3.8, 4) is 0 Å². The fraction of sp³-hybridized carbons (Fsp3) is 0.364. The summed E-state index contributed by atoms with van der Waals surface area (Å²) in [5, 5.41) is 2.75. The maximum atomic E-state index is 11.6. The van der Waals surface area contributed by atoms with Crippen LogP contribution < -0.4 is 5.32 Å². The van der Waals surface area contributed by atoms with Gasteiger partial charge in [0.15, 0.2) is 6.16 Å². The molecule has 1 aromatic carbocycles.